The van der Waals surface area contributed by atoms with Gasteiger partial charge >= 0.3 is 0 Å². The van der Waals surface area contributed by atoms with Gasteiger partial charge < -0.3 is 15.2 Å². The lowest BCUT2D eigenvalue weighted by molar-refractivity contribution is 0.369. The van der Waals surface area contributed by atoms with E-state index < -0.39 is 0 Å². The Morgan fingerprint density at radius 1 is 1.21 bits per heavy atom. The number of hydrogen-bond donors (Lipinski definition) is 2. The molecule has 0 radical (unpaired) electrons. The van der Waals surface area contributed by atoms with Crippen LogP contribution in [-0.2, 0) is 6.54 Å². The fraction of sp³-hybridized carbons (Fsp3) is 0.222. The zero-order chi connectivity index (χ0) is 16.9. The van der Waals surface area contributed by atoms with Gasteiger partial charge in [0.2, 0.25) is 0 Å². The summed E-state index contributed by atoms with van der Waals surface area (Å²) in [6.07, 6.45) is 3.18. The molecule has 0 aliphatic rings. The number of rotatable bonds is 6. The van der Waals surface area contributed by atoms with Crippen molar-refractivity contribution < 1.29 is 9.84 Å². The molecule has 124 valence electrons. The topological polar surface area (TPSA) is 72.2 Å². The van der Waals surface area contributed by atoms with Crippen molar-refractivity contribution in [1.82, 2.24) is 20.1 Å². The van der Waals surface area contributed by atoms with Crippen LogP contribution in [0.2, 0.25) is 0 Å². The molecule has 0 spiro atoms. The average Bonchev–Trinajstić information content (AvgIpc) is 3.15. The van der Waals surface area contributed by atoms with Gasteiger partial charge in [-0.2, -0.15) is 5.10 Å². The molecule has 0 unspecified atom stereocenters. The SMILES string of the molecule is COc1cccc(CN[C@H](C)c2ccc(-n3cncn3)cc2)c1O. The van der Waals surface area contributed by atoms with Crippen LogP contribution in [0.25, 0.3) is 5.69 Å². The van der Waals surface area contributed by atoms with Crippen LogP contribution in [0.15, 0.2) is 55.1 Å². The van der Waals surface area contributed by atoms with E-state index in [-0.39, 0.29) is 11.8 Å². The maximum absolute atomic E-state index is 10.1. The van der Waals surface area contributed by atoms with Gasteiger partial charge in [-0.25, -0.2) is 9.67 Å². The maximum Gasteiger partial charge on any atom is 0.162 e. The number of phenolic OH excluding ortho intramolecular Hbond substituents is 1. The fourth-order valence-electron chi connectivity index (χ4n) is 2.51. The Labute approximate surface area is 140 Å². The third kappa shape index (κ3) is 3.38. The third-order valence-electron chi connectivity index (χ3n) is 3.98. The third-order valence-corrected chi connectivity index (χ3v) is 3.98. The Balaban J connectivity index is 1.66. The van der Waals surface area contributed by atoms with E-state index in [2.05, 4.69) is 34.5 Å². The molecule has 0 saturated heterocycles. The summed E-state index contributed by atoms with van der Waals surface area (Å²) in [6, 6.07) is 13.8. The van der Waals surface area contributed by atoms with E-state index >= 15 is 0 Å². The Morgan fingerprint density at radius 2 is 2.00 bits per heavy atom. The first-order valence-electron chi connectivity index (χ1n) is 7.72. The minimum Gasteiger partial charge on any atom is -0.504 e. The van der Waals surface area contributed by atoms with Crippen molar-refractivity contribution in [3.63, 3.8) is 0 Å². The van der Waals surface area contributed by atoms with Crippen LogP contribution in [0, 0.1) is 0 Å². The first kappa shape index (κ1) is 16.0. The molecule has 2 N–H and O–H groups in total. The Hall–Kier alpha value is -2.86. The van der Waals surface area contributed by atoms with E-state index in [1.165, 1.54) is 6.33 Å². The standard InChI is InChI=1S/C18H20N4O2/c1-13(20-10-15-4-3-5-17(24-2)18(15)23)14-6-8-16(9-7-14)22-12-19-11-21-22/h3-9,11-13,20,23H,10H2,1-2H3/t13-/m1/s1. The molecule has 1 heterocycles. The number of nitrogens with one attached hydrogen (secondary N) is 1. The second-order valence-electron chi connectivity index (χ2n) is 5.50. The molecule has 1 aromatic heterocycles. The van der Waals surface area contributed by atoms with Crippen molar-refractivity contribution in [2.45, 2.75) is 19.5 Å². The molecule has 0 aliphatic heterocycles. The number of hydrogen-bond acceptors (Lipinski definition) is 5. The van der Waals surface area contributed by atoms with E-state index in [1.54, 1.807) is 24.2 Å². The Kier molecular flexibility index (Phi) is 4.77. The fourth-order valence-corrected chi connectivity index (χ4v) is 2.51. The molecule has 6 heteroatoms. The number of methoxy groups -OCH3 is 1. The summed E-state index contributed by atoms with van der Waals surface area (Å²) in [4.78, 5) is 3.95. The molecular formula is C18H20N4O2. The quantitative estimate of drug-likeness (QED) is 0.729. The van der Waals surface area contributed by atoms with E-state index in [4.69, 9.17) is 4.74 Å². The van der Waals surface area contributed by atoms with Crippen molar-refractivity contribution in [2.24, 2.45) is 0 Å². The van der Waals surface area contributed by atoms with E-state index in [0.29, 0.717) is 12.3 Å². The number of benzene rings is 2. The van der Waals surface area contributed by atoms with Gasteiger partial charge in [0.1, 0.15) is 12.7 Å². The molecule has 24 heavy (non-hydrogen) atoms. The molecule has 2 aromatic carbocycles. The highest BCUT2D eigenvalue weighted by molar-refractivity contribution is 5.45. The maximum atomic E-state index is 10.1. The van der Waals surface area contributed by atoms with Crippen molar-refractivity contribution >= 4 is 0 Å². The number of para-hydroxylation sites is 1. The zero-order valence-electron chi connectivity index (χ0n) is 13.7. The molecule has 0 bridgehead atoms. The van der Waals surface area contributed by atoms with Crippen molar-refractivity contribution in [3.05, 3.63) is 66.2 Å². The first-order chi connectivity index (χ1) is 11.7. The molecule has 3 rings (SSSR count). The molecule has 6 nitrogen and oxygen atoms in total. The second kappa shape index (κ2) is 7.14. The summed E-state index contributed by atoms with van der Waals surface area (Å²) < 4.78 is 6.85. The van der Waals surface area contributed by atoms with E-state index in [1.807, 2.05) is 24.3 Å². The number of nitrogens with zero attached hydrogens (tertiary/aromatic N) is 3. The van der Waals surface area contributed by atoms with Crippen molar-refractivity contribution in [1.29, 1.82) is 0 Å². The lowest BCUT2D eigenvalue weighted by Crippen LogP contribution is -2.18. The second-order valence-corrected chi connectivity index (χ2v) is 5.50. The van der Waals surface area contributed by atoms with Crippen LogP contribution in [0.4, 0.5) is 0 Å². The van der Waals surface area contributed by atoms with Gasteiger partial charge in [0.25, 0.3) is 0 Å². The van der Waals surface area contributed by atoms with Crippen LogP contribution >= 0.6 is 0 Å². The van der Waals surface area contributed by atoms with Crippen LogP contribution in [0.3, 0.4) is 0 Å². The Morgan fingerprint density at radius 3 is 2.67 bits per heavy atom. The average molecular weight is 324 g/mol. The molecule has 0 aliphatic carbocycles. The zero-order valence-corrected chi connectivity index (χ0v) is 13.7. The molecular weight excluding hydrogens is 304 g/mol. The van der Waals surface area contributed by atoms with Gasteiger partial charge in [0.05, 0.1) is 12.8 Å². The minimum atomic E-state index is 0.139. The highest BCUT2D eigenvalue weighted by Gasteiger charge is 2.10. The normalized spacial score (nSPS) is 12.1. The number of aromatic hydroxyl groups is 1. The molecule has 0 amide bonds. The minimum absolute atomic E-state index is 0.139. The van der Waals surface area contributed by atoms with E-state index in [0.717, 1.165) is 16.8 Å². The first-order valence-corrected chi connectivity index (χ1v) is 7.72. The van der Waals surface area contributed by atoms with Gasteiger partial charge in [-0.15, -0.1) is 0 Å². The number of phenols is 1. The van der Waals surface area contributed by atoms with Crippen LogP contribution in [0.5, 0.6) is 11.5 Å². The smallest absolute Gasteiger partial charge is 0.162 e. The highest BCUT2D eigenvalue weighted by atomic mass is 16.5. The predicted octanol–water partition coefficient (Wildman–Crippen LogP) is 2.83. The monoisotopic (exact) mass is 324 g/mol. The number of aromatic nitrogens is 3. The van der Waals surface area contributed by atoms with Crippen molar-refractivity contribution in [2.75, 3.05) is 7.11 Å². The van der Waals surface area contributed by atoms with Crippen molar-refractivity contribution in [3.8, 4) is 17.2 Å². The predicted molar refractivity (Wildman–Crippen MR) is 91.3 cm³/mol. The highest BCUT2D eigenvalue weighted by Crippen LogP contribution is 2.29. The van der Waals surface area contributed by atoms with Crippen LogP contribution in [0.1, 0.15) is 24.1 Å². The Bertz CT molecular complexity index is 785. The number of ether oxygens (including phenoxy) is 1. The molecule has 0 saturated carbocycles. The van der Waals surface area contributed by atoms with Gasteiger partial charge in [0.15, 0.2) is 11.5 Å². The molecule has 1 atom stereocenters. The molecule has 0 fully saturated rings. The van der Waals surface area contributed by atoms with Gasteiger partial charge in [-0.05, 0) is 30.7 Å². The van der Waals surface area contributed by atoms with Gasteiger partial charge in [-0.3, -0.25) is 0 Å². The lowest BCUT2D eigenvalue weighted by Gasteiger charge is -2.16. The van der Waals surface area contributed by atoms with E-state index in [9.17, 15) is 5.11 Å². The molecule has 3 aromatic rings. The summed E-state index contributed by atoms with van der Waals surface area (Å²) >= 11 is 0. The van der Waals surface area contributed by atoms with Gasteiger partial charge in [0, 0.05) is 18.2 Å². The summed E-state index contributed by atoms with van der Waals surface area (Å²) in [5, 5.41) is 17.7. The summed E-state index contributed by atoms with van der Waals surface area (Å²) in [5.41, 5.74) is 2.93. The summed E-state index contributed by atoms with van der Waals surface area (Å²) in [7, 11) is 1.55. The summed E-state index contributed by atoms with van der Waals surface area (Å²) in [6.45, 7) is 2.64. The van der Waals surface area contributed by atoms with Gasteiger partial charge in [-0.1, -0.05) is 24.3 Å². The lowest BCUT2D eigenvalue weighted by atomic mass is 10.1. The van der Waals surface area contributed by atoms with Crippen LogP contribution < -0.4 is 10.1 Å². The largest absolute Gasteiger partial charge is 0.504 e. The van der Waals surface area contributed by atoms with Crippen LogP contribution in [-0.4, -0.2) is 27.0 Å². The summed E-state index contributed by atoms with van der Waals surface area (Å²) in [5.74, 6) is 0.667.